The number of rotatable bonds is 9. The van der Waals surface area contributed by atoms with E-state index in [4.69, 9.17) is 9.47 Å². The summed E-state index contributed by atoms with van der Waals surface area (Å²) in [6.07, 6.45) is 1.44. The van der Waals surface area contributed by atoms with E-state index in [0.29, 0.717) is 5.57 Å². The Balaban J connectivity index is 3.21. The number of carbonyl (C=O) groups is 1. The minimum Gasteiger partial charge on any atom is -0.463 e. The van der Waals surface area contributed by atoms with Crippen LogP contribution >= 0.6 is 0 Å². The Kier molecular flexibility index (Phi) is 9.57. The summed E-state index contributed by atoms with van der Waals surface area (Å²) in [5.74, 6) is -0.480. The van der Waals surface area contributed by atoms with E-state index in [0.717, 1.165) is 12.8 Å². The molecule has 1 rings (SSSR count). The van der Waals surface area contributed by atoms with Crippen molar-refractivity contribution >= 4 is 17.2 Å². The van der Waals surface area contributed by atoms with Crippen molar-refractivity contribution in [3.8, 4) is 0 Å². The highest BCUT2D eigenvalue weighted by atomic mass is 32.2. The summed E-state index contributed by atoms with van der Waals surface area (Å²) < 4.78 is 34.3. The van der Waals surface area contributed by atoms with Crippen LogP contribution in [0.4, 0.5) is 0 Å². The number of ether oxygens (including phenoxy) is 2. The third-order valence-corrected chi connectivity index (χ3v) is 5.33. The van der Waals surface area contributed by atoms with E-state index >= 15 is 0 Å². The molecule has 0 aromatic rings. The number of esters is 1. The van der Waals surface area contributed by atoms with Gasteiger partial charge in [-0.1, -0.05) is 34.6 Å². The van der Waals surface area contributed by atoms with Gasteiger partial charge in [0.25, 0.3) is 0 Å². The first-order valence-electron chi connectivity index (χ1n) is 9.62. The van der Waals surface area contributed by atoms with Crippen LogP contribution in [0.2, 0.25) is 0 Å². The van der Waals surface area contributed by atoms with Crippen molar-refractivity contribution < 1.29 is 28.1 Å². The van der Waals surface area contributed by atoms with Crippen LogP contribution in [-0.4, -0.2) is 61.6 Å². The monoisotopic (exact) mass is 405 g/mol. The predicted molar refractivity (Wildman–Crippen MR) is 105 cm³/mol. The van der Waals surface area contributed by atoms with Crippen molar-refractivity contribution in [3.63, 3.8) is 0 Å². The van der Waals surface area contributed by atoms with E-state index < -0.39 is 35.5 Å². The van der Waals surface area contributed by atoms with Crippen LogP contribution in [0.25, 0.3) is 0 Å². The maximum Gasteiger partial charge on any atom is 0.333 e. The van der Waals surface area contributed by atoms with Crippen molar-refractivity contribution in [1.82, 2.24) is 4.31 Å². The van der Waals surface area contributed by atoms with Gasteiger partial charge in [-0.25, -0.2) is 9.00 Å². The molecule has 0 heterocycles. The Morgan fingerprint density at radius 2 is 1.93 bits per heavy atom. The lowest BCUT2D eigenvalue weighted by molar-refractivity contribution is -0.140. The number of aliphatic hydroxyl groups excluding tert-OH is 1. The number of aliphatic hydroxyl groups is 1. The topological polar surface area (TPSA) is 96.3 Å². The Hall–Kier alpha value is -0.800. The fourth-order valence-corrected chi connectivity index (χ4v) is 4.08. The molecule has 0 amide bonds. The van der Waals surface area contributed by atoms with Crippen LogP contribution in [0.15, 0.2) is 11.6 Å². The van der Waals surface area contributed by atoms with Crippen molar-refractivity contribution in [2.75, 3.05) is 13.2 Å². The second-order valence-corrected chi connectivity index (χ2v) is 9.01. The van der Waals surface area contributed by atoms with E-state index in [1.807, 2.05) is 34.6 Å². The summed E-state index contributed by atoms with van der Waals surface area (Å²) in [6, 6.07) is -0.723. The SMILES string of the molecule is CCOC(=O)C1=C[C@@H](OC(CC)CC)[C@@H](O)[C@H](N(CC(C)(C)C)S(=O)O)C1. The van der Waals surface area contributed by atoms with Crippen LogP contribution in [0, 0.1) is 5.41 Å². The number of carbonyl (C=O) groups excluding carboxylic acids is 1. The molecule has 8 heteroatoms. The molecule has 27 heavy (non-hydrogen) atoms. The molecule has 2 N–H and O–H groups in total. The maximum atomic E-state index is 12.3. The van der Waals surface area contributed by atoms with Crippen LogP contribution < -0.4 is 0 Å². The normalized spacial score (nSPS) is 24.8. The Morgan fingerprint density at radius 1 is 1.33 bits per heavy atom. The molecule has 0 aromatic heterocycles. The van der Waals surface area contributed by atoms with E-state index in [-0.39, 0.29) is 31.1 Å². The van der Waals surface area contributed by atoms with Gasteiger partial charge in [0.2, 0.25) is 11.3 Å². The van der Waals surface area contributed by atoms with Gasteiger partial charge in [-0.15, -0.1) is 0 Å². The fraction of sp³-hybridized carbons (Fsp3) is 0.842. The van der Waals surface area contributed by atoms with E-state index in [1.165, 1.54) is 4.31 Å². The maximum absolute atomic E-state index is 12.3. The van der Waals surface area contributed by atoms with Crippen LogP contribution in [0.5, 0.6) is 0 Å². The quantitative estimate of drug-likeness (QED) is 0.452. The average Bonchev–Trinajstić information content (AvgIpc) is 2.58. The zero-order valence-corrected chi connectivity index (χ0v) is 18.1. The Morgan fingerprint density at radius 3 is 2.37 bits per heavy atom. The highest BCUT2D eigenvalue weighted by molar-refractivity contribution is 7.76. The molecular weight excluding hydrogens is 370 g/mol. The largest absolute Gasteiger partial charge is 0.463 e. The van der Waals surface area contributed by atoms with Crippen molar-refractivity contribution in [1.29, 1.82) is 0 Å². The molecule has 0 spiro atoms. The van der Waals surface area contributed by atoms with Gasteiger partial charge >= 0.3 is 5.97 Å². The van der Waals surface area contributed by atoms with E-state index in [2.05, 4.69) is 0 Å². The van der Waals surface area contributed by atoms with Crippen molar-refractivity contribution in [2.45, 2.75) is 85.2 Å². The molecule has 0 bridgehead atoms. The molecule has 4 atom stereocenters. The van der Waals surface area contributed by atoms with Gasteiger partial charge in [0, 0.05) is 12.1 Å². The first-order chi connectivity index (χ1) is 12.5. The number of hydrogen-bond donors (Lipinski definition) is 2. The second-order valence-electron chi connectivity index (χ2n) is 8.08. The summed E-state index contributed by atoms with van der Waals surface area (Å²) in [6.45, 7) is 12.1. The molecule has 158 valence electrons. The second kappa shape index (κ2) is 10.7. The molecule has 0 fully saturated rings. The number of nitrogens with zero attached hydrogens (tertiary/aromatic N) is 1. The molecule has 0 saturated carbocycles. The average molecular weight is 406 g/mol. The summed E-state index contributed by atoms with van der Waals surface area (Å²) >= 11 is -2.29. The van der Waals surface area contributed by atoms with Gasteiger partial charge in [0.05, 0.1) is 18.8 Å². The smallest absolute Gasteiger partial charge is 0.333 e. The van der Waals surface area contributed by atoms with E-state index in [1.54, 1.807) is 13.0 Å². The molecule has 0 saturated heterocycles. The van der Waals surface area contributed by atoms with Crippen molar-refractivity contribution in [2.24, 2.45) is 5.41 Å². The van der Waals surface area contributed by atoms with Crippen LogP contribution in [0.3, 0.4) is 0 Å². The van der Waals surface area contributed by atoms with Gasteiger partial charge in [0.15, 0.2) is 0 Å². The molecule has 1 aliphatic carbocycles. The zero-order chi connectivity index (χ0) is 20.8. The summed E-state index contributed by atoms with van der Waals surface area (Å²) in [5.41, 5.74) is 0.0993. The van der Waals surface area contributed by atoms with Crippen LogP contribution in [0.1, 0.15) is 60.8 Å². The van der Waals surface area contributed by atoms with Gasteiger partial charge in [-0.2, -0.15) is 4.31 Å². The standard InChI is InChI=1S/C19H35NO6S/c1-7-14(8-2)26-16-11-13(18(22)25-9-3)10-15(17(16)21)20(27(23)24)12-19(4,5)6/h11,14-17,21H,7-10,12H2,1-6H3,(H,23,24)/t15-,16-,17+/m1/s1. The van der Waals surface area contributed by atoms with Crippen LogP contribution in [-0.2, 0) is 25.5 Å². The minimum atomic E-state index is -2.29. The predicted octanol–water partition coefficient (Wildman–Crippen LogP) is 2.67. The molecule has 0 radical (unpaired) electrons. The molecule has 0 aromatic carbocycles. The molecule has 0 aliphatic heterocycles. The summed E-state index contributed by atoms with van der Waals surface area (Å²) in [4.78, 5) is 12.3. The van der Waals surface area contributed by atoms with Gasteiger partial charge in [-0.3, -0.25) is 4.55 Å². The van der Waals surface area contributed by atoms with E-state index in [9.17, 15) is 18.7 Å². The summed E-state index contributed by atoms with van der Waals surface area (Å²) in [5, 5.41) is 10.9. The molecule has 1 unspecified atom stereocenters. The zero-order valence-electron chi connectivity index (χ0n) is 17.3. The lowest BCUT2D eigenvalue weighted by atomic mass is 9.88. The highest BCUT2D eigenvalue weighted by Gasteiger charge is 2.41. The fourth-order valence-electron chi connectivity index (χ4n) is 3.16. The third kappa shape index (κ3) is 7.27. The van der Waals surface area contributed by atoms with Gasteiger partial charge in [-0.05, 0) is 37.7 Å². The molecular formula is C19H35NO6S. The van der Waals surface area contributed by atoms with Gasteiger partial charge in [0.1, 0.15) is 12.2 Å². The third-order valence-electron chi connectivity index (χ3n) is 4.52. The molecule has 1 aliphatic rings. The number of hydrogen-bond acceptors (Lipinski definition) is 5. The molecule has 7 nitrogen and oxygen atoms in total. The van der Waals surface area contributed by atoms with Gasteiger partial charge < -0.3 is 14.6 Å². The highest BCUT2D eigenvalue weighted by Crippen LogP contribution is 2.30. The van der Waals surface area contributed by atoms with Crippen molar-refractivity contribution in [3.05, 3.63) is 11.6 Å². The Labute approximate surface area is 165 Å². The lowest BCUT2D eigenvalue weighted by Gasteiger charge is -2.41. The first kappa shape index (κ1) is 24.2. The first-order valence-corrected chi connectivity index (χ1v) is 10.7. The Bertz CT molecular complexity index is 541. The minimum absolute atomic E-state index is 0.0706. The lowest BCUT2D eigenvalue weighted by Crippen LogP contribution is -2.54. The summed E-state index contributed by atoms with van der Waals surface area (Å²) in [7, 11) is 0.